The lowest BCUT2D eigenvalue weighted by Crippen LogP contribution is -2.21. The van der Waals surface area contributed by atoms with Gasteiger partial charge in [0, 0.05) is 0 Å². The van der Waals surface area contributed by atoms with E-state index >= 15 is 0 Å². The van der Waals surface area contributed by atoms with E-state index < -0.39 is 0 Å². The first-order valence-corrected chi connectivity index (χ1v) is 5.24. The van der Waals surface area contributed by atoms with Gasteiger partial charge in [-0.2, -0.15) is 4.89 Å². The van der Waals surface area contributed by atoms with Crippen LogP contribution in [0.2, 0.25) is 0 Å². The van der Waals surface area contributed by atoms with Crippen LogP contribution in [0.1, 0.15) is 37.5 Å². The van der Waals surface area contributed by atoms with Gasteiger partial charge in [-0.15, -0.1) is 0 Å². The summed E-state index contributed by atoms with van der Waals surface area (Å²) in [6, 6.07) is 3.99. The molecule has 0 fully saturated rings. The van der Waals surface area contributed by atoms with Gasteiger partial charge in [0.2, 0.25) is 0 Å². The van der Waals surface area contributed by atoms with E-state index in [1.54, 1.807) is 0 Å². The van der Waals surface area contributed by atoms with E-state index in [9.17, 15) is 0 Å². The average Bonchev–Trinajstić information content (AvgIpc) is 2.12. The smallest absolute Gasteiger partial charge is 0.168 e. The summed E-state index contributed by atoms with van der Waals surface area (Å²) < 4.78 is 0. The molecule has 0 saturated heterocycles. The van der Waals surface area contributed by atoms with Crippen LogP contribution >= 0.6 is 0 Å². The van der Waals surface area contributed by atoms with Crippen molar-refractivity contribution in [3.05, 3.63) is 28.8 Å². The minimum Gasteiger partial charge on any atom is -0.337 e. The van der Waals surface area contributed by atoms with Crippen LogP contribution in [0.3, 0.4) is 0 Å². The molecule has 0 saturated carbocycles. The van der Waals surface area contributed by atoms with Gasteiger partial charge in [-0.1, -0.05) is 6.07 Å². The van der Waals surface area contributed by atoms with Crippen molar-refractivity contribution in [2.24, 2.45) is 0 Å². The zero-order valence-electron chi connectivity index (χ0n) is 10.5. The number of rotatable bonds is 2. The molecule has 0 aliphatic rings. The second kappa shape index (κ2) is 4.23. The minimum atomic E-state index is -0.286. The minimum absolute atomic E-state index is 0.286. The molecule has 0 aliphatic heterocycles. The molecule has 2 heteroatoms. The van der Waals surface area contributed by atoms with Crippen LogP contribution in [-0.2, 0) is 4.89 Å². The Balaban J connectivity index is 2.83. The second-order valence-corrected chi connectivity index (χ2v) is 4.91. The number of hydrogen-bond acceptors (Lipinski definition) is 2. The Hall–Kier alpha value is -1.02. The molecule has 0 N–H and O–H groups in total. The fourth-order valence-corrected chi connectivity index (χ4v) is 1.19. The summed E-state index contributed by atoms with van der Waals surface area (Å²) in [5, 5.41) is 0. The Labute approximate surface area is 92.1 Å². The van der Waals surface area contributed by atoms with Crippen molar-refractivity contribution >= 4 is 0 Å². The summed E-state index contributed by atoms with van der Waals surface area (Å²) in [6.07, 6.45) is 0. The topological polar surface area (TPSA) is 18.5 Å². The van der Waals surface area contributed by atoms with Crippen LogP contribution in [0.15, 0.2) is 12.1 Å². The molecule has 0 spiro atoms. The van der Waals surface area contributed by atoms with Crippen LogP contribution in [0.25, 0.3) is 0 Å². The molecule has 1 aromatic rings. The van der Waals surface area contributed by atoms with Crippen LogP contribution in [0, 0.1) is 20.8 Å². The highest BCUT2D eigenvalue weighted by molar-refractivity contribution is 5.42. The second-order valence-electron chi connectivity index (χ2n) is 4.91. The summed E-state index contributed by atoms with van der Waals surface area (Å²) in [6.45, 7) is 12.1. The van der Waals surface area contributed by atoms with Crippen molar-refractivity contribution in [1.29, 1.82) is 0 Å². The standard InChI is InChI=1S/C13H20O2/c1-9-7-8-12(11(3)10(9)2)14-15-13(4,5)6/h7-8H,1-6H3. The summed E-state index contributed by atoms with van der Waals surface area (Å²) in [7, 11) is 0. The molecule has 15 heavy (non-hydrogen) atoms. The molecule has 84 valence electrons. The SMILES string of the molecule is Cc1ccc(OOC(C)(C)C)c(C)c1C. The summed E-state index contributed by atoms with van der Waals surface area (Å²) in [4.78, 5) is 10.6. The maximum atomic E-state index is 5.34. The van der Waals surface area contributed by atoms with Gasteiger partial charge in [0.15, 0.2) is 5.75 Å². The third kappa shape index (κ3) is 3.24. The van der Waals surface area contributed by atoms with Gasteiger partial charge in [-0.3, -0.25) is 0 Å². The van der Waals surface area contributed by atoms with Crippen molar-refractivity contribution in [1.82, 2.24) is 0 Å². The quantitative estimate of drug-likeness (QED) is 0.544. The molecule has 0 aromatic heterocycles. The van der Waals surface area contributed by atoms with Crippen molar-refractivity contribution < 1.29 is 9.78 Å². The normalized spacial score (nSPS) is 11.6. The van der Waals surface area contributed by atoms with Crippen molar-refractivity contribution in [3.8, 4) is 5.75 Å². The monoisotopic (exact) mass is 208 g/mol. The van der Waals surface area contributed by atoms with E-state index in [2.05, 4.69) is 13.8 Å². The van der Waals surface area contributed by atoms with E-state index in [0.717, 1.165) is 11.3 Å². The number of aryl methyl sites for hydroxylation is 1. The molecule has 0 heterocycles. The fraction of sp³-hybridized carbons (Fsp3) is 0.538. The molecule has 1 aromatic carbocycles. The van der Waals surface area contributed by atoms with Crippen LogP contribution in [0.5, 0.6) is 5.75 Å². The molecule has 0 aliphatic carbocycles. The Morgan fingerprint density at radius 2 is 1.53 bits per heavy atom. The van der Waals surface area contributed by atoms with E-state index in [1.165, 1.54) is 11.1 Å². The first kappa shape index (κ1) is 12.1. The zero-order chi connectivity index (χ0) is 11.6. The highest BCUT2D eigenvalue weighted by Crippen LogP contribution is 2.25. The van der Waals surface area contributed by atoms with E-state index in [1.807, 2.05) is 39.8 Å². The van der Waals surface area contributed by atoms with Crippen molar-refractivity contribution in [2.45, 2.75) is 47.1 Å². The lowest BCUT2D eigenvalue weighted by Gasteiger charge is -2.19. The van der Waals surface area contributed by atoms with Gasteiger partial charge in [0.1, 0.15) is 5.60 Å². The Morgan fingerprint density at radius 3 is 2.07 bits per heavy atom. The summed E-state index contributed by atoms with van der Waals surface area (Å²) in [5.41, 5.74) is 3.38. The van der Waals surface area contributed by atoms with E-state index in [-0.39, 0.29) is 5.60 Å². The zero-order valence-corrected chi connectivity index (χ0v) is 10.5. The van der Waals surface area contributed by atoms with Crippen molar-refractivity contribution in [3.63, 3.8) is 0 Å². The number of hydrogen-bond donors (Lipinski definition) is 0. The first-order chi connectivity index (χ1) is 6.81. The number of benzene rings is 1. The van der Waals surface area contributed by atoms with Crippen molar-refractivity contribution in [2.75, 3.05) is 0 Å². The Kier molecular flexibility index (Phi) is 3.40. The van der Waals surface area contributed by atoms with E-state index in [0.29, 0.717) is 0 Å². The Bertz CT molecular complexity index is 348. The van der Waals surface area contributed by atoms with E-state index in [4.69, 9.17) is 9.78 Å². The average molecular weight is 208 g/mol. The molecule has 0 amide bonds. The van der Waals surface area contributed by atoms with Crippen LogP contribution in [-0.4, -0.2) is 5.60 Å². The molecule has 0 unspecified atom stereocenters. The summed E-state index contributed by atoms with van der Waals surface area (Å²) >= 11 is 0. The maximum Gasteiger partial charge on any atom is 0.168 e. The van der Waals surface area contributed by atoms with Gasteiger partial charge in [0.25, 0.3) is 0 Å². The van der Waals surface area contributed by atoms with Crippen LogP contribution < -0.4 is 4.89 Å². The molecule has 0 atom stereocenters. The third-order valence-corrected chi connectivity index (χ3v) is 2.39. The predicted molar refractivity (Wildman–Crippen MR) is 62.1 cm³/mol. The summed E-state index contributed by atoms with van der Waals surface area (Å²) in [5.74, 6) is 0.799. The molecule has 1 rings (SSSR count). The van der Waals surface area contributed by atoms with Gasteiger partial charge in [-0.05, 0) is 64.3 Å². The molecular formula is C13H20O2. The molecular weight excluding hydrogens is 188 g/mol. The van der Waals surface area contributed by atoms with Gasteiger partial charge in [0.05, 0.1) is 0 Å². The van der Waals surface area contributed by atoms with Gasteiger partial charge in [-0.25, -0.2) is 0 Å². The molecule has 0 radical (unpaired) electrons. The largest absolute Gasteiger partial charge is 0.337 e. The highest BCUT2D eigenvalue weighted by atomic mass is 17.2. The predicted octanol–water partition coefficient (Wildman–Crippen LogP) is 3.72. The van der Waals surface area contributed by atoms with Gasteiger partial charge >= 0.3 is 0 Å². The first-order valence-electron chi connectivity index (χ1n) is 5.24. The van der Waals surface area contributed by atoms with Gasteiger partial charge < -0.3 is 4.89 Å². The van der Waals surface area contributed by atoms with Crippen LogP contribution in [0.4, 0.5) is 0 Å². The Morgan fingerprint density at radius 1 is 0.933 bits per heavy atom. The lowest BCUT2D eigenvalue weighted by molar-refractivity contribution is -0.274. The molecule has 2 nitrogen and oxygen atoms in total. The fourth-order valence-electron chi connectivity index (χ4n) is 1.19. The molecule has 0 bridgehead atoms. The maximum absolute atomic E-state index is 5.34. The lowest BCUT2D eigenvalue weighted by atomic mass is 10.0. The third-order valence-electron chi connectivity index (χ3n) is 2.39. The highest BCUT2D eigenvalue weighted by Gasteiger charge is 2.14.